The van der Waals surface area contributed by atoms with Crippen LogP contribution >= 0.6 is 0 Å². The predicted octanol–water partition coefficient (Wildman–Crippen LogP) is 3.72. The van der Waals surface area contributed by atoms with Gasteiger partial charge in [-0.25, -0.2) is 0 Å². The molecule has 2 aliphatic heterocycles. The van der Waals surface area contributed by atoms with Gasteiger partial charge < -0.3 is 14.8 Å². The van der Waals surface area contributed by atoms with Crippen LogP contribution in [0.2, 0.25) is 0 Å². The van der Waals surface area contributed by atoms with Crippen LogP contribution in [-0.2, 0) is 7.05 Å². The number of likely N-dealkylation sites (tertiary alicyclic amines) is 1. The van der Waals surface area contributed by atoms with Crippen molar-refractivity contribution in [2.45, 2.75) is 44.6 Å². The molecular formula is C20H29N3. The summed E-state index contributed by atoms with van der Waals surface area (Å²) in [6.45, 7) is 5.90. The van der Waals surface area contributed by atoms with Crippen molar-refractivity contribution in [3.05, 3.63) is 35.0 Å². The van der Waals surface area contributed by atoms with Crippen molar-refractivity contribution in [1.29, 1.82) is 0 Å². The monoisotopic (exact) mass is 311 g/mol. The summed E-state index contributed by atoms with van der Waals surface area (Å²) in [6.07, 6.45) is 5.16. The molecule has 23 heavy (non-hydrogen) atoms. The molecule has 0 radical (unpaired) electrons. The number of aryl methyl sites for hydroxylation is 1. The van der Waals surface area contributed by atoms with E-state index in [-0.39, 0.29) is 0 Å². The third-order valence-corrected chi connectivity index (χ3v) is 6.16. The molecule has 0 saturated carbocycles. The van der Waals surface area contributed by atoms with Crippen LogP contribution in [-0.4, -0.2) is 36.1 Å². The van der Waals surface area contributed by atoms with E-state index >= 15 is 0 Å². The number of rotatable bonds is 2. The molecule has 124 valence electrons. The van der Waals surface area contributed by atoms with Crippen molar-refractivity contribution in [3.63, 3.8) is 0 Å². The summed E-state index contributed by atoms with van der Waals surface area (Å²) in [7, 11) is 4.47. The fourth-order valence-corrected chi connectivity index (χ4v) is 4.58. The number of nitrogens with zero attached hydrogens (tertiary/aromatic N) is 2. The Morgan fingerprint density at radius 3 is 2.57 bits per heavy atom. The lowest BCUT2D eigenvalue weighted by molar-refractivity contribution is 0.255. The molecule has 2 aromatic rings. The van der Waals surface area contributed by atoms with Crippen LogP contribution < -0.4 is 5.32 Å². The normalized spacial score (nSPS) is 23.9. The molecule has 1 N–H and O–H groups in total. The van der Waals surface area contributed by atoms with Crippen molar-refractivity contribution in [2.75, 3.05) is 26.7 Å². The van der Waals surface area contributed by atoms with Gasteiger partial charge in [0.2, 0.25) is 0 Å². The number of hydrogen-bond donors (Lipinski definition) is 1. The van der Waals surface area contributed by atoms with Crippen LogP contribution in [0.1, 0.15) is 54.5 Å². The van der Waals surface area contributed by atoms with E-state index in [0.717, 1.165) is 12.5 Å². The maximum atomic E-state index is 3.68. The average Bonchev–Trinajstić information content (AvgIpc) is 3.16. The molecule has 2 saturated heterocycles. The fraction of sp³-hybridized carbons (Fsp3) is 0.600. The van der Waals surface area contributed by atoms with E-state index in [9.17, 15) is 0 Å². The summed E-state index contributed by atoms with van der Waals surface area (Å²) in [5, 5.41) is 5.14. The van der Waals surface area contributed by atoms with Crippen LogP contribution in [0.15, 0.2) is 18.2 Å². The van der Waals surface area contributed by atoms with Gasteiger partial charge in [0, 0.05) is 29.7 Å². The van der Waals surface area contributed by atoms with Crippen LogP contribution in [0.4, 0.5) is 0 Å². The Labute approximate surface area is 139 Å². The minimum atomic E-state index is 0.549. The van der Waals surface area contributed by atoms with E-state index < -0.39 is 0 Å². The van der Waals surface area contributed by atoms with Crippen molar-refractivity contribution >= 4 is 10.9 Å². The molecule has 2 fully saturated rings. The number of aromatic nitrogens is 1. The van der Waals surface area contributed by atoms with E-state index in [1.165, 1.54) is 66.5 Å². The van der Waals surface area contributed by atoms with E-state index in [2.05, 4.69) is 54.0 Å². The molecule has 0 unspecified atom stereocenters. The van der Waals surface area contributed by atoms with Gasteiger partial charge >= 0.3 is 0 Å². The zero-order valence-corrected chi connectivity index (χ0v) is 14.7. The number of benzene rings is 1. The molecule has 0 aliphatic carbocycles. The van der Waals surface area contributed by atoms with Crippen LogP contribution in [0.25, 0.3) is 10.9 Å². The zero-order chi connectivity index (χ0) is 16.0. The summed E-state index contributed by atoms with van der Waals surface area (Å²) in [5.74, 6) is 0.735. The van der Waals surface area contributed by atoms with E-state index in [1.54, 1.807) is 0 Å². The van der Waals surface area contributed by atoms with E-state index in [1.807, 2.05) is 0 Å². The smallest absolute Gasteiger partial charge is 0.0486 e. The first kappa shape index (κ1) is 15.2. The van der Waals surface area contributed by atoms with Gasteiger partial charge in [0.1, 0.15) is 0 Å². The first-order valence-electron chi connectivity index (χ1n) is 9.16. The number of nitrogens with one attached hydrogen (secondary N) is 1. The number of piperidine rings is 1. The second-order valence-corrected chi connectivity index (χ2v) is 7.56. The predicted molar refractivity (Wildman–Crippen MR) is 97.1 cm³/mol. The van der Waals surface area contributed by atoms with Crippen molar-refractivity contribution in [2.24, 2.45) is 7.05 Å². The van der Waals surface area contributed by atoms with Gasteiger partial charge in [-0.05, 0) is 82.4 Å². The maximum absolute atomic E-state index is 3.68. The van der Waals surface area contributed by atoms with Gasteiger partial charge in [-0.3, -0.25) is 0 Å². The van der Waals surface area contributed by atoms with Crippen LogP contribution in [0.3, 0.4) is 0 Å². The molecule has 3 heteroatoms. The number of hydrogen-bond acceptors (Lipinski definition) is 2. The molecule has 3 nitrogen and oxygen atoms in total. The highest BCUT2D eigenvalue weighted by Crippen LogP contribution is 2.36. The summed E-state index contributed by atoms with van der Waals surface area (Å²) in [5.41, 5.74) is 5.93. The van der Waals surface area contributed by atoms with Gasteiger partial charge in [0.15, 0.2) is 0 Å². The third-order valence-electron chi connectivity index (χ3n) is 6.16. The van der Waals surface area contributed by atoms with Crippen LogP contribution in [0, 0.1) is 6.92 Å². The summed E-state index contributed by atoms with van der Waals surface area (Å²) >= 11 is 0. The third kappa shape index (κ3) is 2.60. The first-order chi connectivity index (χ1) is 11.1. The molecule has 0 bridgehead atoms. The number of fused-ring (bicyclic) bond motifs is 1. The molecule has 1 atom stereocenters. The average molecular weight is 311 g/mol. The Morgan fingerprint density at radius 1 is 1.09 bits per heavy atom. The molecule has 1 aromatic carbocycles. The molecular weight excluding hydrogens is 282 g/mol. The quantitative estimate of drug-likeness (QED) is 0.912. The van der Waals surface area contributed by atoms with Gasteiger partial charge in [0.25, 0.3) is 0 Å². The highest BCUT2D eigenvalue weighted by Gasteiger charge is 2.24. The summed E-state index contributed by atoms with van der Waals surface area (Å²) in [6, 6.07) is 7.81. The molecule has 0 amide bonds. The SMILES string of the molecule is Cc1c([C@H]2CCCN2)c2ccc(C3CCN(C)CC3)cc2n1C. The van der Waals surface area contributed by atoms with Crippen molar-refractivity contribution < 1.29 is 0 Å². The van der Waals surface area contributed by atoms with E-state index in [4.69, 9.17) is 0 Å². The van der Waals surface area contributed by atoms with Gasteiger partial charge in [-0.15, -0.1) is 0 Å². The zero-order valence-electron chi connectivity index (χ0n) is 14.7. The van der Waals surface area contributed by atoms with Gasteiger partial charge in [0.05, 0.1) is 0 Å². The van der Waals surface area contributed by atoms with E-state index in [0.29, 0.717) is 6.04 Å². The van der Waals surface area contributed by atoms with Gasteiger partial charge in [-0.1, -0.05) is 12.1 Å². The Bertz CT molecular complexity index is 701. The second kappa shape index (κ2) is 5.95. The lowest BCUT2D eigenvalue weighted by atomic mass is 9.89. The Hall–Kier alpha value is -1.32. The first-order valence-corrected chi connectivity index (χ1v) is 9.16. The molecule has 3 heterocycles. The summed E-state index contributed by atoms with van der Waals surface area (Å²) < 4.78 is 2.41. The lowest BCUT2D eigenvalue weighted by Crippen LogP contribution is -2.29. The second-order valence-electron chi connectivity index (χ2n) is 7.56. The molecule has 1 aromatic heterocycles. The molecule has 0 spiro atoms. The Kier molecular flexibility index (Phi) is 3.94. The molecule has 2 aliphatic rings. The largest absolute Gasteiger partial charge is 0.348 e. The Balaban J connectivity index is 1.73. The highest BCUT2D eigenvalue weighted by molar-refractivity contribution is 5.86. The standard InChI is InChI=1S/C20H29N3/c1-14-20(18-5-4-10-21-18)17-7-6-16(13-19(17)23(14)3)15-8-11-22(2)12-9-15/h6-7,13,15,18,21H,4-5,8-12H2,1-3H3/t18-/m1/s1. The van der Waals surface area contributed by atoms with Crippen LogP contribution in [0.5, 0.6) is 0 Å². The fourth-order valence-electron chi connectivity index (χ4n) is 4.58. The summed E-state index contributed by atoms with van der Waals surface area (Å²) in [4.78, 5) is 2.45. The van der Waals surface area contributed by atoms with Crippen molar-refractivity contribution in [3.8, 4) is 0 Å². The Morgan fingerprint density at radius 2 is 1.87 bits per heavy atom. The minimum absolute atomic E-state index is 0.549. The highest BCUT2D eigenvalue weighted by atomic mass is 15.1. The molecule has 4 rings (SSSR count). The van der Waals surface area contributed by atoms with Gasteiger partial charge in [-0.2, -0.15) is 0 Å². The maximum Gasteiger partial charge on any atom is 0.0486 e. The topological polar surface area (TPSA) is 20.2 Å². The van der Waals surface area contributed by atoms with Crippen molar-refractivity contribution in [1.82, 2.24) is 14.8 Å². The minimum Gasteiger partial charge on any atom is -0.348 e. The lowest BCUT2D eigenvalue weighted by Gasteiger charge is -2.29.